The molecule has 112 valence electrons. The van der Waals surface area contributed by atoms with Crippen LogP contribution in [0.15, 0.2) is 21.5 Å². The van der Waals surface area contributed by atoms with Gasteiger partial charge in [-0.05, 0) is 0 Å². The molecule has 2 rings (SSSR count). The minimum absolute atomic E-state index is 0.237. The Morgan fingerprint density at radius 1 is 1.15 bits per heavy atom. The summed E-state index contributed by atoms with van der Waals surface area (Å²) in [6.45, 7) is -0.351. The van der Waals surface area contributed by atoms with Gasteiger partial charge in [0, 0.05) is 0 Å². The molecule has 5 N–H and O–H groups in total. The second-order valence-corrected chi connectivity index (χ2v) is 4.30. The molecule has 1 fully saturated rings. The third-order valence-electron chi connectivity index (χ3n) is 2.87. The van der Waals surface area contributed by atoms with E-state index in [-0.39, 0.29) is 12.6 Å². The Kier molecular flexibility index (Phi) is 4.26. The average Bonchev–Trinajstić information content (AvgIpc) is 2.42. The van der Waals surface area contributed by atoms with Gasteiger partial charge in [0.25, 0.3) is 5.95 Å². The summed E-state index contributed by atoms with van der Waals surface area (Å²) in [5.74, 6) is -0.820. The van der Waals surface area contributed by atoms with E-state index in [0.29, 0.717) is 0 Å². The van der Waals surface area contributed by atoms with Crippen LogP contribution in [0.4, 0.5) is 0 Å². The highest BCUT2D eigenvalue weighted by molar-refractivity contribution is 5.18. The average molecular weight is 290 g/mol. The van der Waals surface area contributed by atoms with E-state index >= 15 is 0 Å². The molecule has 1 aromatic heterocycles. The Balaban J connectivity index is 1.99. The highest BCUT2D eigenvalue weighted by Gasteiger charge is 2.43. The van der Waals surface area contributed by atoms with Crippen LogP contribution >= 0.6 is 0 Å². The first kappa shape index (κ1) is 14.8. The van der Waals surface area contributed by atoms with Crippen molar-refractivity contribution < 1.29 is 39.4 Å². The molecule has 0 radical (unpaired) electrons. The first-order valence-corrected chi connectivity index (χ1v) is 5.72. The van der Waals surface area contributed by atoms with Gasteiger partial charge in [-0.2, -0.15) is 0 Å². The number of hydrogen-bond acceptors (Lipinski definition) is 9. The summed E-state index contributed by atoms with van der Waals surface area (Å²) in [6, 6.07) is 0.881. The van der Waals surface area contributed by atoms with Crippen LogP contribution in [0, 0.1) is 0 Å². The molecule has 0 spiro atoms. The smallest absolute Gasteiger partial charge is 0.288 e. The van der Waals surface area contributed by atoms with E-state index in [1.807, 2.05) is 0 Å². The molecule has 0 saturated carbocycles. The molecule has 5 atom stereocenters. The zero-order valence-corrected chi connectivity index (χ0v) is 10.1. The van der Waals surface area contributed by atoms with Crippen LogP contribution in [0.25, 0.3) is 0 Å². The Hall–Kier alpha value is -1.65. The predicted octanol–water partition coefficient (Wildman–Crippen LogP) is -2.48. The molecule has 1 aliphatic heterocycles. The maximum Gasteiger partial charge on any atom is 0.288 e. The lowest BCUT2D eigenvalue weighted by molar-refractivity contribution is -0.285. The largest absolute Gasteiger partial charge is 0.502 e. The second-order valence-electron chi connectivity index (χ2n) is 4.30. The van der Waals surface area contributed by atoms with Gasteiger partial charge < -0.3 is 39.4 Å². The van der Waals surface area contributed by atoms with Crippen LogP contribution < -0.4 is 10.2 Å². The van der Waals surface area contributed by atoms with Gasteiger partial charge >= 0.3 is 0 Å². The molecule has 1 saturated heterocycles. The van der Waals surface area contributed by atoms with Gasteiger partial charge in [0.1, 0.15) is 37.3 Å². The molecule has 0 amide bonds. The molecule has 2 heterocycles. The SMILES string of the molecule is O=c1cc(OC[C@H]2O[C@@H](O)[C@H](O)[C@@H](O)[C@@H]2O)occ1O. The topological polar surface area (TPSA) is 150 Å². The zero-order valence-electron chi connectivity index (χ0n) is 10.1. The lowest BCUT2D eigenvalue weighted by Crippen LogP contribution is -2.58. The van der Waals surface area contributed by atoms with Crippen LogP contribution in [0.3, 0.4) is 0 Å². The number of ether oxygens (including phenoxy) is 2. The van der Waals surface area contributed by atoms with Crippen molar-refractivity contribution >= 4 is 0 Å². The highest BCUT2D eigenvalue weighted by Crippen LogP contribution is 2.21. The van der Waals surface area contributed by atoms with Crippen LogP contribution in [0.2, 0.25) is 0 Å². The molecule has 0 unspecified atom stereocenters. The molecule has 0 aliphatic carbocycles. The minimum Gasteiger partial charge on any atom is -0.502 e. The van der Waals surface area contributed by atoms with Crippen molar-refractivity contribution in [2.24, 2.45) is 0 Å². The van der Waals surface area contributed by atoms with Gasteiger partial charge in [0.15, 0.2) is 12.0 Å². The van der Waals surface area contributed by atoms with E-state index < -0.39 is 41.9 Å². The first-order valence-electron chi connectivity index (χ1n) is 5.72. The number of rotatable bonds is 3. The third kappa shape index (κ3) is 2.92. The van der Waals surface area contributed by atoms with Crippen molar-refractivity contribution in [1.82, 2.24) is 0 Å². The van der Waals surface area contributed by atoms with E-state index in [2.05, 4.69) is 0 Å². The number of aliphatic hydroxyl groups excluding tert-OH is 4. The van der Waals surface area contributed by atoms with Crippen LogP contribution in [0.1, 0.15) is 0 Å². The van der Waals surface area contributed by atoms with Gasteiger partial charge in [-0.3, -0.25) is 4.79 Å². The van der Waals surface area contributed by atoms with Gasteiger partial charge in [0.05, 0.1) is 6.07 Å². The van der Waals surface area contributed by atoms with Crippen molar-refractivity contribution in [1.29, 1.82) is 0 Å². The number of hydrogen-bond donors (Lipinski definition) is 5. The van der Waals surface area contributed by atoms with E-state index in [1.165, 1.54) is 0 Å². The maximum absolute atomic E-state index is 11.1. The van der Waals surface area contributed by atoms with Crippen molar-refractivity contribution in [2.75, 3.05) is 6.61 Å². The molecule has 20 heavy (non-hydrogen) atoms. The molecule has 0 bridgehead atoms. The Labute approximate surface area is 112 Å². The Morgan fingerprint density at radius 2 is 1.85 bits per heavy atom. The summed E-state index contributed by atoms with van der Waals surface area (Å²) < 4.78 is 14.6. The van der Waals surface area contributed by atoms with E-state index in [0.717, 1.165) is 12.3 Å². The normalized spacial score (nSPS) is 33.9. The predicted molar refractivity (Wildman–Crippen MR) is 61.0 cm³/mol. The summed E-state index contributed by atoms with van der Waals surface area (Å²) in [4.78, 5) is 11.1. The summed E-state index contributed by atoms with van der Waals surface area (Å²) in [5.41, 5.74) is -0.716. The van der Waals surface area contributed by atoms with E-state index in [1.54, 1.807) is 0 Å². The molecular weight excluding hydrogens is 276 g/mol. The number of aromatic hydroxyl groups is 1. The van der Waals surface area contributed by atoms with Crippen LogP contribution in [0.5, 0.6) is 11.7 Å². The van der Waals surface area contributed by atoms with Crippen molar-refractivity contribution in [3.63, 3.8) is 0 Å². The quantitative estimate of drug-likeness (QED) is 0.408. The molecule has 0 aromatic carbocycles. The van der Waals surface area contributed by atoms with E-state index in [9.17, 15) is 25.2 Å². The fourth-order valence-electron chi connectivity index (χ4n) is 1.70. The first-order chi connectivity index (χ1) is 9.40. The number of aliphatic hydroxyl groups is 4. The molecular formula is C11H14O9. The fraction of sp³-hybridized carbons (Fsp3) is 0.545. The Bertz CT molecular complexity index is 513. The standard InChI is InChI=1S/C11H14O9/c12-4-1-7(18-2-5(4)13)19-3-6-8(14)9(15)10(16)11(17)20-6/h1-2,6,8-11,13-17H,3H2/t6-,8-,9+,10-,11-/m1/s1. The van der Waals surface area contributed by atoms with Crippen molar-refractivity contribution in [2.45, 2.75) is 30.7 Å². The third-order valence-corrected chi connectivity index (χ3v) is 2.87. The van der Waals surface area contributed by atoms with Crippen LogP contribution in [-0.2, 0) is 4.74 Å². The second kappa shape index (κ2) is 5.77. The minimum atomic E-state index is -1.67. The van der Waals surface area contributed by atoms with Gasteiger partial charge in [0.2, 0.25) is 5.43 Å². The monoisotopic (exact) mass is 290 g/mol. The van der Waals surface area contributed by atoms with Crippen molar-refractivity contribution in [3.8, 4) is 11.7 Å². The van der Waals surface area contributed by atoms with Gasteiger partial charge in [-0.1, -0.05) is 0 Å². The maximum atomic E-state index is 11.1. The Morgan fingerprint density at radius 3 is 2.50 bits per heavy atom. The van der Waals surface area contributed by atoms with Crippen molar-refractivity contribution in [3.05, 3.63) is 22.6 Å². The van der Waals surface area contributed by atoms with Crippen LogP contribution in [-0.4, -0.2) is 62.8 Å². The van der Waals surface area contributed by atoms with Gasteiger partial charge in [-0.15, -0.1) is 0 Å². The molecule has 9 heteroatoms. The highest BCUT2D eigenvalue weighted by atomic mass is 16.7. The summed E-state index contributed by atoms with van der Waals surface area (Å²) in [5, 5.41) is 46.7. The molecule has 9 nitrogen and oxygen atoms in total. The summed E-state index contributed by atoms with van der Waals surface area (Å²) in [7, 11) is 0. The fourth-order valence-corrected chi connectivity index (χ4v) is 1.70. The summed E-state index contributed by atoms with van der Waals surface area (Å²) in [6.07, 6.45) is -6.75. The lowest BCUT2D eigenvalue weighted by atomic mass is 9.99. The lowest BCUT2D eigenvalue weighted by Gasteiger charge is -2.37. The van der Waals surface area contributed by atoms with E-state index in [4.69, 9.17) is 19.0 Å². The molecule has 1 aromatic rings. The summed E-state index contributed by atoms with van der Waals surface area (Å²) >= 11 is 0. The zero-order chi connectivity index (χ0) is 14.9. The molecule has 1 aliphatic rings. The van der Waals surface area contributed by atoms with Gasteiger partial charge in [-0.25, -0.2) is 0 Å².